The van der Waals surface area contributed by atoms with Crippen LogP contribution in [0, 0.1) is 5.92 Å². The molecule has 0 saturated carbocycles. The summed E-state index contributed by atoms with van der Waals surface area (Å²) in [6.07, 6.45) is -0.351. The zero-order chi connectivity index (χ0) is 12.3. The molecule has 1 aliphatic rings. The van der Waals surface area contributed by atoms with Gasteiger partial charge in [0.2, 0.25) is 5.91 Å². The molecule has 0 aromatic heterocycles. The SMILES string of the molecule is CC1CN(C(=O)OC(C)(C)C)CCNC1=O. The summed E-state index contributed by atoms with van der Waals surface area (Å²) in [5.74, 6) is -0.193. The molecule has 1 saturated heterocycles. The van der Waals surface area contributed by atoms with Crippen molar-refractivity contribution in [1.82, 2.24) is 10.2 Å². The highest BCUT2D eigenvalue weighted by Crippen LogP contribution is 2.12. The molecular weight excluding hydrogens is 208 g/mol. The van der Waals surface area contributed by atoms with Crippen molar-refractivity contribution >= 4 is 12.0 Å². The summed E-state index contributed by atoms with van der Waals surface area (Å²) in [6, 6.07) is 0. The summed E-state index contributed by atoms with van der Waals surface area (Å²) < 4.78 is 5.26. The average Bonchev–Trinajstić information content (AvgIpc) is 2.27. The number of hydrogen-bond acceptors (Lipinski definition) is 3. The van der Waals surface area contributed by atoms with Crippen molar-refractivity contribution in [1.29, 1.82) is 0 Å². The third-order valence-corrected chi connectivity index (χ3v) is 2.27. The molecule has 0 aliphatic carbocycles. The fraction of sp³-hybridized carbons (Fsp3) is 0.818. The van der Waals surface area contributed by atoms with Crippen LogP contribution >= 0.6 is 0 Å². The van der Waals surface area contributed by atoms with Crippen LogP contribution in [0.5, 0.6) is 0 Å². The third-order valence-electron chi connectivity index (χ3n) is 2.27. The second kappa shape index (κ2) is 4.72. The van der Waals surface area contributed by atoms with Gasteiger partial charge in [0.05, 0.1) is 5.92 Å². The molecule has 1 fully saturated rings. The van der Waals surface area contributed by atoms with Crippen molar-refractivity contribution in [2.24, 2.45) is 5.92 Å². The second-order valence-electron chi connectivity index (χ2n) is 5.12. The third kappa shape index (κ3) is 3.72. The Morgan fingerprint density at radius 2 is 2.12 bits per heavy atom. The molecule has 1 N–H and O–H groups in total. The lowest BCUT2D eigenvalue weighted by Crippen LogP contribution is -2.39. The van der Waals surface area contributed by atoms with E-state index >= 15 is 0 Å². The zero-order valence-corrected chi connectivity index (χ0v) is 10.4. The number of carbonyl (C=O) groups excluding carboxylic acids is 2. The number of nitrogens with one attached hydrogen (secondary N) is 1. The summed E-state index contributed by atoms with van der Waals surface area (Å²) in [4.78, 5) is 24.7. The first-order valence-corrected chi connectivity index (χ1v) is 5.55. The largest absolute Gasteiger partial charge is 0.444 e. The molecule has 92 valence electrons. The molecule has 5 nitrogen and oxygen atoms in total. The van der Waals surface area contributed by atoms with E-state index in [0.29, 0.717) is 19.6 Å². The normalized spacial score (nSPS) is 22.4. The van der Waals surface area contributed by atoms with E-state index in [1.54, 1.807) is 11.8 Å². The van der Waals surface area contributed by atoms with Crippen molar-refractivity contribution in [3.05, 3.63) is 0 Å². The van der Waals surface area contributed by atoms with Crippen molar-refractivity contribution in [2.75, 3.05) is 19.6 Å². The quantitative estimate of drug-likeness (QED) is 0.672. The lowest BCUT2D eigenvalue weighted by Gasteiger charge is -2.26. The van der Waals surface area contributed by atoms with Crippen molar-refractivity contribution in [3.8, 4) is 0 Å². The van der Waals surface area contributed by atoms with Gasteiger partial charge in [0, 0.05) is 19.6 Å². The Labute approximate surface area is 96.1 Å². The molecule has 2 amide bonds. The van der Waals surface area contributed by atoms with Crippen molar-refractivity contribution in [2.45, 2.75) is 33.3 Å². The molecule has 1 heterocycles. The average molecular weight is 228 g/mol. The van der Waals surface area contributed by atoms with Gasteiger partial charge in [-0.05, 0) is 20.8 Å². The molecule has 1 unspecified atom stereocenters. The lowest BCUT2D eigenvalue weighted by molar-refractivity contribution is -0.124. The summed E-state index contributed by atoms with van der Waals surface area (Å²) in [6.45, 7) is 8.70. The van der Waals surface area contributed by atoms with Gasteiger partial charge >= 0.3 is 6.09 Å². The van der Waals surface area contributed by atoms with Crippen LogP contribution in [-0.2, 0) is 9.53 Å². The number of carbonyl (C=O) groups is 2. The number of nitrogens with zero attached hydrogens (tertiary/aromatic N) is 1. The van der Waals surface area contributed by atoms with Gasteiger partial charge in [0.25, 0.3) is 0 Å². The highest BCUT2D eigenvalue weighted by molar-refractivity contribution is 5.80. The van der Waals surface area contributed by atoms with E-state index in [9.17, 15) is 9.59 Å². The first kappa shape index (κ1) is 12.8. The molecular formula is C11H20N2O3. The van der Waals surface area contributed by atoms with E-state index in [0.717, 1.165) is 0 Å². The summed E-state index contributed by atoms with van der Waals surface area (Å²) >= 11 is 0. The molecule has 1 atom stereocenters. The predicted octanol–water partition coefficient (Wildman–Crippen LogP) is 0.989. The van der Waals surface area contributed by atoms with Gasteiger partial charge in [0.1, 0.15) is 5.60 Å². The van der Waals surface area contributed by atoms with E-state index in [4.69, 9.17) is 4.74 Å². The smallest absolute Gasteiger partial charge is 0.410 e. The van der Waals surface area contributed by atoms with Gasteiger partial charge in [-0.2, -0.15) is 0 Å². The van der Waals surface area contributed by atoms with E-state index in [-0.39, 0.29) is 17.9 Å². The van der Waals surface area contributed by atoms with E-state index in [1.165, 1.54) is 0 Å². The molecule has 1 aliphatic heterocycles. The van der Waals surface area contributed by atoms with Gasteiger partial charge in [-0.3, -0.25) is 4.79 Å². The molecule has 5 heteroatoms. The highest BCUT2D eigenvalue weighted by atomic mass is 16.6. The topological polar surface area (TPSA) is 58.6 Å². The Morgan fingerprint density at radius 3 is 2.69 bits per heavy atom. The number of amides is 2. The van der Waals surface area contributed by atoms with Crippen LogP contribution in [0.1, 0.15) is 27.7 Å². The lowest BCUT2D eigenvalue weighted by atomic mass is 10.1. The van der Waals surface area contributed by atoms with Crippen molar-refractivity contribution in [3.63, 3.8) is 0 Å². The fourth-order valence-corrected chi connectivity index (χ4v) is 1.49. The molecule has 0 radical (unpaired) electrons. The fourth-order valence-electron chi connectivity index (χ4n) is 1.49. The number of hydrogen-bond donors (Lipinski definition) is 1. The first-order chi connectivity index (χ1) is 7.29. The van der Waals surface area contributed by atoms with Crippen LogP contribution in [0.15, 0.2) is 0 Å². The van der Waals surface area contributed by atoms with Gasteiger partial charge in [-0.15, -0.1) is 0 Å². The Morgan fingerprint density at radius 1 is 1.50 bits per heavy atom. The minimum absolute atomic E-state index is 0.00828. The monoisotopic (exact) mass is 228 g/mol. The van der Waals surface area contributed by atoms with Crippen LogP contribution in [0.3, 0.4) is 0 Å². The molecule has 0 aromatic carbocycles. The Hall–Kier alpha value is -1.26. The minimum Gasteiger partial charge on any atom is -0.444 e. The van der Waals surface area contributed by atoms with Gasteiger partial charge < -0.3 is 15.0 Å². The maximum Gasteiger partial charge on any atom is 0.410 e. The van der Waals surface area contributed by atoms with E-state index in [2.05, 4.69) is 5.32 Å². The Kier molecular flexibility index (Phi) is 3.78. The van der Waals surface area contributed by atoms with Gasteiger partial charge in [-0.25, -0.2) is 4.79 Å². The maximum absolute atomic E-state index is 11.8. The minimum atomic E-state index is -0.496. The molecule has 0 bridgehead atoms. The van der Waals surface area contributed by atoms with Crippen LogP contribution in [0.4, 0.5) is 4.79 Å². The van der Waals surface area contributed by atoms with Crippen LogP contribution in [0.25, 0.3) is 0 Å². The zero-order valence-electron chi connectivity index (χ0n) is 10.4. The van der Waals surface area contributed by atoms with Gasteiger partial charge in [0.15, 0.2) is 0 Å². The first-order valence-electron chi connectivity index (χ1n) is 5.55. The standard InChI is InChI=1S/C11H20N2O3/c1-8-7-13(6-5-12-9(8)14)10(15)16-11(2,3)4/h8H,5-7H2,1-4H3,(H,12,14). The number of rotatable bonds is 0. The van der Waals surface area contributed by atoms with Crippen LogP contribution in [-0.4, -0.2) is 42.1 Å². The van der Waals surface area contributed by atoms with Crippen LogP contribution < -0.4 is 5.32 Å². The highest BCUT2D eigenvalue weighted by Gasteiger charge is 2.27. The molecule has 16 heavy (non-hydrogen) atoms. The summed E-state index contributed by atoms with van der Waals surface area (Å²) in [5.41, 5.74) is -0.496. The maximum atomic E-state index is 11.8. The van der Waals surface area contributed by atoms with E-state index < -0.39 is 5.60 Å². The molecule has 1 rings (SSSR count). The summed E-state index contributed by atoms with van der Waals surface area (Å²) in [5, 5.41) is 2.75. The summed E-state index contributed by atoms with van der Waals surface area (Å²) in [7, 11) is 0. The Bertz CT molecular complexity index is 283. The second-order valence-corrected chi connectivity index (χ2v) is 5.12. The predicted molar refractivity (Wildman–Crippen MR) is 60.0 cm³/mol. The van der Waals surface area contributed by atoms with Crippen LogP contribution in [0.2, 0.25) is 0 Å². The van der Waals surface area contributed by atoms with Crippen molar-refractivity contribution < 1.29 is 14.3 Å². The molecule has 0 spiro atoms. The van der Waals surface area contributed by atoms with E-state index in [1.807, 2.05) is 20.8 Å². The number of ether oxygens (including phenoxy) is 1. The molecule has 0 aromatic rings. The van der Waals surface area contributed by atoms with Gasteiger partial charge in [-0.1, -0.05) is 6.92 Å². The Balaban J connectivity index is 2.59.